The van der Waals surface area contributed by atoms with Crippen LogP contribution in [0, 0.1) is 21.8 Å². The van der Waals surface area contributed by atoms with Crippen molar-refractivity contribution >= 4 is 11.5 Å². The van der Waals surface area contributed by atoms with Crippen molar-refractivity contribution in [1.82, 2.24) is 0 Å². The number of nitrogens with zero attached hydrogens (tertiary/aromatic N) is 1. The first-order valence-electron chi connectivity index (χ1n) is 6.50. The van der Waals surface area contributed by atoms with Crippen LogP contribution < -0.4 is 0 Å². The normalized spacial score (nSPS) is 11.9. The Morgan fingerprint density at radius 2 is 1.90 bits per heavy atom. The van der Waals surface area contributed by atoms with Crippen molar-refractivity contribution in [2.45, 2.75) is 13.3 Å². The number of hydrogen-bond acceptors (Lipinski definition) is 3. The molecule has 2 aromatic carbocycles. The van der Waals surface area contributed by atoms with E-state index in [1.807, 2.05) is 6.07 Å². The van der Waals surface area contributed by atoms with E-state index in [1.165, 1.54) is 12.1 Å². The number of halogens is 1. The Balaban J connectivity index is 2.18. The molecule has 0 saturated heterocycles. The van der Waals surface area contributed by atoms with Gasteiger partial charge in [0.1, 0.15) is 5.82 Å². The van der Waals surface area contributed by atoms with Crippen LogP contribution in [0.5, 0.6) is 0 Å². The SMILES string of the molecule is CC(Cc1cc(F)cc([N+](=O)[O-])c1)C(=O)c1ccccc1. The first kappa shape index (κ1) is 14.8. The molecule has 0 saturated carbocycles. The lowest BCUT2D eigenvalue weighted by Gasteiger charge is -2.10. The zero-order valence-corrected chi connectivity index (χ0v) is 11.5. The monoisotopic (exact) mass is 287 g/mol. The van der Waals surface area contributed by atoms with Crippen molar-refractivity contribution in [2.75, 3.05) is 0 Å². The van der Waals surface area contributed by atoms with Crippen LogP contribution in [0.4, 0.5) is 10.1 Å². The summed E-state index contributed by atoms with van der Waals surface area (Å²) in [6.07, 6.45) is 0.256. The second-order valence-corrected chi connectivity index (χ2v) is 4.91. The van der Waals surface area contributed by atoms with Crippen molar-refractivity contribution in [2.24, 2.45) is 5.92 Å². The summed E-state index contributed by atoms with van der Waals surface area (Å²) < 4.78 is 13.4. The van der Waals surface area contributed by atoms with Crippen molar-refractivity contribution in [3.8, 4) is 0 Å². The van der Waals surface area contributed by atoms with E-state index in [0.29, 0.717) is 11.1 Å². The minimum absolute atomic E-state index is 0.0671. The van der Waals surface area contributed by atoms with Crippen LogP contribution in [0.15, 0.2) is 48.5 Å². The molecule has 0 aliphatic rings. The van der Waals surface area contributed by atoms with E-state index < -0.39 is 10.7 Å². The molecule has 0 aliphatic heterocycles. The second kappa shape index (κ2) is 6.26. The average Bonchev–Trinajstić information content (AvgIpc) is 2.46. The molecular formula is C16H14FNO3. The van der Waals surface area contributed by atoms with Gasteiger partial charge in [0.25, 0.3) is 5.69 Å². The van der Waals surface area contributed by atoms with Gasteiger partial charge in [0.2, 0.25) is 0 Å². The summed E-state index contributed by atoms with van der Waals surface area (Å²) in [7, 11) is 0. The molecule has 5 heteroatoms. The van der Waals surface area contributed by atoms with Crippen LogP contribution in [-0.2, 0) is 6.42 Å². The van der Waals surface area contributed by atoms with Crippen LogP contribution in [0.2, 0.25) is 0 Å². The molecule has 0 N–H and O–H groups in total. The van der Waals surface area contributed by atoms with E-state index in [4.69, 9.17) is 0 Å². The van der Waals surface area contributed by atoms with Gasteiger partial charge in [0, 0.05) is 17.5 Å². The molecule has 4 nitrogen and oxygen atoms in total. The van der Waals surface area contributed by atoms with Crippen LogP contribution in [0.25, 0.3) is 0 Å². The third kappa shape index (κ3) is 3.72. The van der Waals surface area contributed by atoms with E-state index >= 15 is 0 Å². The highest BCUT2D eigenvalue weighted by Crippen LogP contribution is 2.20. The Kier molecular flexibility index (Phi) is 4.42. The molecule has 1 atom stereocenters. The van der Waals surface area contributed by atoms with E-state index in [0.717, 1.165) is 6.07 Å². The van der Waals surface area contributed by atoms with E-state index in [9.17, 15) is 19.3 Å². The Hall–Kier alpha value is -2.56. The Bertz CT molecular complexity index is 670. The summed E-state index contributed by atoms with van der Waals surface area (Å²) in [5, 5.41) is 10.7. The number of hydrogen-bond donors (Lipinski definition) is 0. The topological polar surface area (TPSA) is 60.2 Å². The van der Waals surface area contributed by atoms with Crippen LogP contribution in [0.1, 0.15) is 22.8 Å². The summed E-state index contributed by atoms with van der Waals surface area (Å²) in [4.78, 5) is 22.3. The predicted molar refractivity (Wildman–Crippen MR) is 76.7 cm³/mol. The number of nitro benzene ring substituents is 1. The van der Waals surface area contributed by atoms with E-state index in [1.54, 1.807) is 31.2 Å². The van der Waals surface area contributed by atoms with Crippen molar-refractivity contribution < 1.29 is 14.1 Å². The number of non-ortho nitro benzene ring substituents is 1. The van der Waals surface area contributed by atoms with Gasteiger partial charge in [0.05, 0.1) is 11.0 Å². The number of ketones is 1. The molecule has 0 radical (unpaired) electrons. The molecule has 0 heterocycles. The fourth-order valence-electron chi connectivity index (χ4n) is 2.19. The molecule has 0 aromatic heterocycles. The molecular weight excluding hydrogens is 273 g/mol. The number of carbonyl (C=O) groups excluding carboxylic acids is 1. The average molecular weight is 287 g/mol. The van der Waals surface area contributed by atoms with Gasteiger partial charge in [-0.15, -0.1) is 0 Å². The van der Waals surface area contributed by atoms with E-state index in [2.05, 4.69) is 0 Å². The van der Waals surface area contributed by atoms with Gasteiger partial charge in [-0.3, -0.25) is 14.9 Å². The molecule has 1 unspecified atom stereocenters. The predicted octanol–water partition coefficient (Wildman–Crippen LogP) is 3.80. The summed E-state index contributed by atoms with van der Waals surface area (Å²) in [5.41, 5.74) is 0.721. The van der Waals surface area contributed by atoms with Gasteiger partial charge in [-0.2, -0.15) is 0 Å². The lowest BCUT2D eigenvalue weighted by atomic mass is 9.93. The Morgan fingerprint density at radius 1 is 1.24 bits per heavy atom. The first-order valence-corrected chi connectivity index (χ1v) is 6.50. The molecule has 21 heavy (non-hydrogen) atoms. The lowest BCUT2D eigenvalue weighted by molar-refractivity contribution is -0.385. The van der Waals surface area contributed by atoms with Crippen molar-refractivity contribution in [1.29, 1.82) is 0 Å². The van der Waals surface area contributed by atoms with Crippen molar-refractivity contribution in [3.05, 3.63) is 75.6 Å². The van der Waals surface area contributed by atoms with E-state index in [-0.39, 0.29) is 23.8 Å². The van der Waals surface area contributed by atoms with Gasteiger partial charge in [-0.25, -0.2) is 4.39 Å². The van der Waals surface area contributed by atoms with Gasteiger partial charge >= 0.3 is 0 Å². The fourth-order valence-corrected chi connectivity index (χ4v) is 2.19. The van der Waals surface area contributed by atoms with Gasteiger partial charge < -0.3 is 0 Å². The van der Waals surface area contributed by atoms with Gasteiger partial charge in [-0.05, 0) is 18.1 Å². The number of nitro groups is 1. The highest BCUT2D eigenvalue weighted by Gasteiger charge is 2.17. The summed E-state index contributed by atoms with van der Waals surface area (Å²) >= 11 is 0. The summed E-state index contributed by atoms with van der Waals surface area (Å²) in [6.45, 7) is 1.73. The molecule has 0 spiro atoms. The first-order chi connectivity index (χ1) is 9.97. The maximum atomic E-state index is 13.4. The molecule has 2 rings (SSSR count). The zero-order valence-electron chi connectivity index (χ0n) is 11.5. The molecule has 108 valence electrons. The number of benzene rings is 2. The smallest absolute Gasteiger partial charge is 0.272 e. The molecule has 0 bridgehead atoms. The van der Waals surface area contributed by atoms with Crippen LogP contribution in [-0.4, -0.2) is 10.7 Å². The second-order valence-electron chi connectivity index (χ2n) is 4.91. The van der Waals surface area contributed by atoms with Crippen molar-refractivity contribution in [3.63, 3.8) is 0 Å². The third-order valence-corrected chi connectivity index (χ3v) is 3.20. The summed E-state index contributed by atoms with van der Waals surface area (Å²) in [5.74, 6) is -1.12. The molecule has 2 aromatic rings. The zero-order chi connectivity index (χ0) is 15.4. The Morgan fingerprint density at radius 3 is 2.52 bits per heavy atom. The number of carbonyl (C=O) groups is 1. The van der Waals surface area contributed by atoms with Crippen LogP contribution >= 0.6 is 0 Å². The third-order valence-electron chi connectivity index (χ3n) is 3.20. The van der Waals surface area contributed by atoms with Gasteiger partial charge in [-0.1, -0.05) is 37.3 Å². The molecule has 0 fully saturated rings. The number of rotatable bonds is 5. The quantitative estimate of drug-likeness (QED) is 0.477. The standard InChI is InChI=1S/C16H14FNO3/c1-11(16(19)13-5-3-2-4-6-13)7-12-8-14(17)10-15(9-12)18(20)21/h2-6,8-11H,7H2,1H3. The van der Waals surface area contributed by atoms with Gasteiger partial charge in [0.15, 0.2) is 5.78 Å². The maximum absolute atomic E-state index is 13.4. The minimum atomic E-state index is -0.668. The highest BCUT2D eigenvalue weighted by molar-refractivity contribution is 5.97. The lowest BCUT2D eigenvalue weighted by Crippen LogP contribution is -2.14. The Labute approximate surface area is 121 Å². The van der Waals surface area contributed by atoms with Crippen LogP contribution in [0.3, 0.4) is 0 Å². The molecule has 0 aliphatic carbocycles. The fraction of sp³-hybridized carbons (Fsp3) is 0.188. The maximum Gasteiger partial charge on any atom is 0.272 e. The highest BCUT2D eigenvalue weighted by atomic mass is 19.1. The molecule has 0 amide bonds. The minimum Gasteiger partial charge on any atom is -0.294 e. The largest absolute Gasteiger partial charge is 0.294 e. The summed E-state index contributed by atoms with van der Waals surface area (Å²) in [6, 6.07) is 12.2. The number of Topliss-reactive ketones (excluding diaryl/α,β-unsaturated/α-hetero) is 1.